The van der Waals surface area contributed by atoms with Gasteiger partial charge in [0, 0.05) is 18.6 Å². The Morgan fingerprint density at radius 3 is 1.40 bits per heavy atom. The Hall–Kier alpha value is -0.0800. The van der Waals surface area contributed by atoms with Crippen molar-refractivity contribution in [1.82, 2.24) is 0 Å². The predicted molar refractivity (Wildman–Crippen MR) is 65.2 cm³/mol. The second-order valence-electron chi connectivity index (χ2n) is 4.27. The predicted octanol–water partition coefficient (Wildman–Crippen LogP) is 3.65. The monoisotopic (exact) mass is 216 g/mol. The Bertz CT molecular complexity index is 118. The Morgan fingerprint density at radius 2 is 1.13 bits per heavy atom. The van der Waals surface area contributed by atoms with Crippen LogP contribution in [-0.4, -0.2) is 26.4 Å². The fourth-order valence-corrected chi connectivity index (χ4v) is 2.15. The van der Waals surface area contributed by atoms with Gasteiger partial charge in [-0.2, -0.15) is 0 Å². The van der Waals surface area contributed by atoms with Crippen LogP contribution < -0.4 is 0 Å². The summed E-state index contributed by atoms with van der Waals surface area (Å²) in [4.78, 5) is 0. The van der Waals surface area contributed by atoms with E-state index in [1.54, 1.807) is 0 Å². The van der Waals surface area contributed by atoms with Crippen LogP contribution in [0.3, 0.4) is 0 Å². The molecule has 0 rings (SSSR count). The molecule has 0 bridgehead atoms. The third-order valence-electron chi connectivity index (χ3n) is 2.79. The van der Waals surface area contributed by atoms with Crippen LogP contribution in [0.1, 0.15) is 53.4 Å². The molecule has 0 radical (unpaired) electrons. The summed E-state index contributed by atoms with van der Waals surface area (Å²) in [5.74, 6) is 0. The quantitative estimate of drug-likeness (QED) is 0.555. The first-order valence-electron chi connectivity index (χ1n) is 6.40. The standard InChI is InChI=1S/C13H28O2/c1-5-9-13(10-6-2,11-14-7-3)12-15-8-4/h5-12H2,1-4H3. The van der Waals surface area contributed by atoms with Gasteiger partial charge in [-0.15, -0.1) is 0 Å². The van der Waals surface area contributed by atoms with Crippen LogP contribution in [0.15, 0.2) is 0 Å². The van der Waals surface area contributed by atoms with E-state index in [0.717, 1.165) is 26.4 Å². The van der Waals surface area contributed by atoms with Crippen molar-refractivity contribution in [2.45, 2.75) is 53.4 Å². The van der Waals surface area contributed by atoms with E-state index < -0.39 is 0 Å². The Labute approximate surface area is 95.3 Å². The number of hydrogen-bond donors (Lipinski definition) is 0. The van der Waals surface area contributed by atoms with Gasteiger partial charge in [0.05, 0.1) is 13.2 Å². The Morgan fingerprint density at radius 1 is 0.733 bits per heavy atom. The van der Waals surface area contributed by atoms with Crippen molar-refractivity contribution in [2.75, 3.05) is 26.4 Å². The van der Waals surface area contributed by atoms with Gasteiger partial charge >= 0.3 is 0 Å². The van der Waals surface area contributed by atoms with Crippen molar-refractivity contribution in [3.05, 3.63) is 0 Å². The molecule has 0 amide bonds. The van der Waals surface area contributed by atoms with Gasteiger partial charge in [0.1, 0.15) is 0 Å². The van der Waals surface area contributed by atoms with Crippen molar-refractivity contribution < 1.29 is 9.47 Å². The van der Waals surface area contributed by atoms with Gasteiger partial charge < -0.3 is 9.47 Å². The molecule has 92 valence electrons. The van der Waals surface area contributed by atoms with Crippen LogP contribution in [0.2, 0.25) is 0 Å². The van der Waals surface area contributed by atoms with Gasteiger partial charge in [-0.1, -0.05) is 26.7 Å². The summed E-state index contributed by atoms with van der Waals surface area (Å²) in [5, 5.41) is 0. The number of hydrogen-bond acceptors (Lipinski definition) is 2. The zero-order valence-electron chi connectivity index (χ0n) is 11.0. The summed E-state index contributed by atoms with van der Waals surface area (Å²) in [6.45, 7) is 11.9. The van der Waals surface area contributed by atoms with Crippen LogP contribution in [-0.2, 0) is 9.47 Å². The highest BCUT2D eigenvalue weighted by molar-refractivity contribution is 4.78. The first-order chi connectivity index (χ1) is 7.24. The molecule has 0 aromatic rings. The molecule has 0 aromatic carbocycles. The molecular weight excluding hydrogens is 188 g/mol. The maximum absolute atomic E-state index is 5.62. The highest BCUT2D eigenvalue weighted by Gasteiger charge is 2.28. The molecule has 0 aliphatic carbocycles. The van der Waals surface area contributed by atoms with Gasteiger partial charge in [0.2, 0.25) is 0 Å². The lowest BCUT2D eigenvalue weighted by molar-refractivity contribution is -0.0272. The van der Waals surface area contributed by atoms with Crippen molar-refractivity contribution >= 4 is 0 Å². The Kier molecular flexibility index (Phi) is 9.12. The summed E-state index contributed by atoms with van der Waals surface area (Å²) in [6, 6.07) is 0. The maximum atomic E-state index is 5.62. The molecule has 2 heteroatoms. The summed E-state index contributed by atoms with van der Waals surface area (Å²) >= 11 is 0. The highest BCUT2D eigenvalue weighted by Crippen LogP contribution is 2.30. The normalized spacial score (nSPS) is 12.0. The van der Waals surface area contributed by atoms with E-state index in [-0.39, 0.29) is 5.41 Å². The highest BCUT2D eigenvalue weighted by atomic mass is 16.5. The van der Waals surface area contributed by atoms with E-state index in [1.807, 2.05) is 0 Å². The molecule has 0 spiro atoms. The molecule has 15 heavy (non-hydrogen) atoms. The average Bonchev–Trinajstić information content (AvgIpc) is 2.24. The van der Waals surface area contributed by atoms with E-state index in [0.29, 0.717) is 0 Å². The summed E-state index contributed by atoms with van der Waals surface area (Å²) in [6.07, 6.45) is 4.84. The molecule has 2 nitrogen and oxygen atoms in total. The van der Waals surface area contributed by atoms with Crippen LogP contribution in [0, 0.1) is 5.41 Å². The molecule has 0 aliphatic rings. The summed E-state index contributed by atoms with van der Waals surface area (Å²) in [5.41, 5.74) is 0.259. The van der Waals surface area contributed by atoms with Crippen molar-refractivity contribution in [3.8, 4) is 0 Å². The van der Waals surface area contributed by atoms with Crippen LogP contribution in [0.5, 0.6) is 0 Å². The lowest BCUT2D eigenvalue weighted by Crippen LogP contribution is -2.32. The van der Waals surface area contributed by atoms with Crippen LogP contribution in [0.4, 0.5) is 0 Å². The van der Waals surface area contributed by atoms with Crippen molar-refractivity contribution in [1.29, 1.82) is 0 Å². The van der Waals surface area contributed by atoms with Crippen LogP contribution >= 0.6 is 0 Å². The van der Waals surface area contributed by atoms with E-state index in [2.05, 4.69) is 27.7 Å². The third kappa shape index (κ3) is 6.16. The fourth-order valence-electron chi connectivity index (χ4n) is 2.15. The molecule has 0 fully saturated rings. The second-order valence-corrected chi connectivity index (χ2v) is 4.27. The van der Waals surface area contributed by atoms with Gasteiger partial charge in [-0.25, -0.2) is 0 Å². The van der Waals surface area contributed by atoms with E-state index in [1.165, 1.54) is 25.7 Å². The number of rotatable bonds is 10. The maximum Gasteiger partial charge on any atom is 0.0544 e. The first kappa shape index (κ1) is 14.9. The van der Waals surface area contributed by atoms with Gasteiger partial charge in [-0.3, -0.25) is 0 Å². The van der Waals surface area contributed by atoms with E-state index in [4.69, 9.17) is 9.47 Å². The lowest BCUT2D eigenvalue weighted by atomic mass is 9.81. The molecular formula is C13H28O2. The number of ether oxygens (including phenoxy) is 2. The molecule has 0 saturated heterocycles. The van der Waals surface area contributed by atoms with E-state index in [9.17, 15) is 0 Å². The summed E-state index contributed by atoms with van der Waals surface area (Å²) in [7, 11) is 0. The molecule has 0 aromatic heterocycles. The fraction of sp³-hybridized carbons (Fsp3) is 1.00. The smallest absolute Gasteiger partial charge is 0.0544 e. The third-order valence-corrected chi connectivity index (χ3v) is 2.79. The van der Waals surface area contributed by atoms with Crippen molar-refractivity contribution in [2.24, 2.45) is 5.41 Å². The first-order valence-corrected chi connectivity index (χ1v) is 6.40. The minimum atomic E-state index is 0.259. The molecule has 0 N–H and O–H groups in total. The topological polar surface area (TPSA) is 18.5 Å². The minimum Gasteiger partial charge on any atom is -0.381 e. The van der Waals surface area contributed by atoms with Crippen LogP contribution in [0.25, 0.3) is 0 Å². The molecule has 0 aliphatic heterocycles. The minimum absolute atomic E-state index is 0.259. The zero-order valence-corrected chi connectivity index (χ0v) is 11.0. The van der Waals surface area contributed by atoms with Gasteiger partial charge in [0.15, 0.2) is 0 Å². The average molecular weight is 216 g/mol. The molecule has 0 unspecified atom stereocenters. The largest absolute Gasteiger partial charge is 0.381 e. The zero-order chi connectivity index (χ0) is 11.6. The van der Waals surface area contributed by atoms with Gasteiger partial charge in [-0.05, 0) is 26.7 Å². The molecule has 0 heterocycles. The summed E-state index contributed by atoms with van der Waals surface area (Å²) < 4.78 is 11.2. The van der Waals surface area contributed by atoms with Crippen molar-refractivity contribution in [3.63, 3.8) is 0 Å². The SMILES string of the molecule is CCCC(CCC)(COCC)COCC. The second kappa shape index (κ2) is 9.17. The van der Waals surface area contributed by atoms with E-state index >= 15 is 0 Å². The lowest BCUT2D eigenvalue weighted by Gasteiger charge is -2.32. The Balaban J connectivity index is 4.26. The molecule has 0 saturated carbocycles. The van der Waals surface area contributed by atoms with Gasteiger partial charge in [0.25, 0.3) is 0 Å². The molecule has 0 atom stereocenters.